The van der Waals surface area contributed by atoms with Gasteiger partial charge in [-0.3, -0.25) is 9.59 Å². The summed E-state index contributed by atoms with van der Waals surface area (Å²) in [7, 11) is 2.96. The normalized spacial score (nSPS) is 20.7. The highest BCUT2D eigenvalue weighted by Gasteiger charge is 2.36. The van der Waals surface area contributed by atoms with Crippen molar-refractivity contribution >= 4 is 11.9 Å². The van der Waals surface area contributed by atoms with Crippen LogP contribution in [0.4, 0.5) is 0 Å². The topological polar surface area (TPSA) is 84.9 Å². The van der Waals surface area contributed by atoms with Crippen LogP contribution in [0, 0.1) is 5.92 Å². The Labute approximate surface area is 116 Å². The molecule has 0 bridgehead atoms. The van der Waals surface area contributed by atoms with E-state index in [9.17, 15) is 9.59 Å². The van der Waals surface area contributed by atoms with Crippen molar-refractivity contribution < 1.29 is 24.2 Å². The largest absolute Gasteiger partial charge is 0.496 e. The highest BCUT2D eigenvalue weighted by Crippen LogP contribution is 2.31. The number of ether oxygens (including phenoxy) is 2. The summed E-state index contributed by atoms with van der Waals surface area (Å²) in [4.78, 5) is 23.0. The maximum absolute atomic E-state index is 12.3. The van der Waals surface area contributed by atoms with Crippen LogP contribution in [0.1, 0.15) is 23.2 Å². The number of amides is 1. The first kappa shape index (κ1) is 14.2. The first-order chi connectivity index (χ1) is 9.56. The lowest BCUT2D eigenvalue weighted by atomic mass is 9.80. The first-order valence-corrected chi connectivity index (χ1v) is 6.31. The van der Waals surface area contributed by atoms with E-state index in [0.717, 1.165) is 0 Å². The molecule has 0 heterocycles. The van der Waals surface area contributed by atoms with E-state index in [1.165, 1.54) is 14.2 Å². The van der Waals surface area contributed by atoms with Gasteiger partial charge in [0.15, 0.2) is 0 Å². The summed E-state index contributed by atoms with van der Waals surface area (Å²) in [6, 6.07) is 4.98. The van der Waals surface area contributed by atoms with Gasteiger partial charge >= 0.3 is 5.97 Å². The van der Waals surface area contributed by atoms with E-state index in [2.05, 4.69) is 5.32 Å². The predicted molar refractivity (Wildman–Crippen MR) is 71.2 cm³/mol. The zero-order chi connectivity index (χ0) is 14.7. The van der Waals surface area contributed by atoms with Crippen LogP contribution in [0.5, 0.6) is 11.5 Å². The van der Waals surface area contributed by atoms with Crippen molar-refractivity contribution in [2.45, 2.75) is 18.9 Å². The molecule has 108 valence electrons. The predicted octanol–water partition coefficient (Wildman–Crippen LogP) is 1.30. The van der Waals surface area contributed by atoms with E-state index in [-0.39, 0.29) is 17.9 Å². The van der Waals surface area contributed by atoms with Gasteiger partial charge in [-0.05, 0) is 25.0 Å². The molecule has 1 amide bonds. The molecule has 6 heteroatoms. The third-order valence-corrected chi connectivity index (χ3v) is 3.48. The summed E-state index contributed by atoms with van der Waals surface area (Å²) in [6.45, 7) is 0. The highest BCUT2D eigenvalue weighted by molar-refractivity contribution is 6.00. The maximum Gasteiger partial charge on any atom is 0.306 e. The van der Waals surface area contributed by atoms with Gasteiger partial charge in [0.25, 0.3) is 5.91 Å². The smallest absolute Gasteiger partial charge is 0.306 e. The fraction of sp³-hybridized carbons (Fsp3) is 0.429. The number of carbonyl (C=O) groups excluding carboxylic acids is 1. The van der Waals surface area contributed by atoms with Gasteiger partial charge in [0.2, 0.25) is 0 Å². The number of methoxy groups -OCH3 is 2. The number of aliphatic carboxylic acids is 1. The molecule has 1 aromatic carbocycles. The van der Waals surface area contributed by atoms with Crippen LogP contribution >= 0.6 is 0 Å². The van der Waals surface area contributed by atoms with Crippen LogP contribution in [0.3, 0.4) is 0 Å². The van der Waals surface area contributed by atoms with Crippen molar-refractivity contribution in [3.05, 3.63) is 23.8 Å². The number of hydrogen-bond acceptors (Lipinski definition) is 4. The molecule has 0 unspecified atom stereocenters. The number of hydrogen-bond donors (Lipinski definition) is 2. The molecular formula is C14H17NO5. The summed E-state index contributed by atoms with van der Waals surface area (Å²) in [5.41, 5.74) is 0.330. The Bertz CT molecular complexity index is 500. The van der Waals surface area contributed by atoms with Crippen molar-refractivity contribution in [2.24, 2.45) is 5.92 Å². The van der Waals surface area contributed by atoms with E-state index in [1.54, 1.807) is 18.2 Å². The van der Waals surface area contributed by atoms with Crippen molar-refractivity contribution in [2.75, 3.05) is 14.2 Å². The Balaban J connectivity index is 2.08. The standard InChI is InChI=1S/C14H17NO5/c1-19-10-4-3-5-11(20-2)12(10)13(16)15-9-6-8(7-9)14(17)18/h3-5,8-9H,6-7H2,1-2H3,(H,15,16)(H,17,18). The Morgan fingerprint density at radius 3 is 2.20 bits per heavy atom. The highest BCUT2D eigenvalue weighted by atomic mass is 16.5. The summed E-state index contributed by atoms with van der Waals surface area (Å²) in [6.07, 6.45) is 0.914. The fourth-order valence-electron chi connectivity index (χ4n) is 2.27. The van der Waals surface area contributed by atoms with Crippen molar-refractivity contribution in [3.8, 4) is 11.5 Å². The molecule has 0 spiro atoms. The minimum absolute atomic E-state index is 0.113. The molecule has 20 heavy (non-hydrogen) atoms. The van der Waals surface area contributed by atoms with Crippen LogP contribution in [-0.4, -0.2) is 37.2 Å². The van der Waals surface area contributed by atoms with E-state index in [0.29, 0.717) is 29.9 Å². The molecular weight excluding hydrogens is 262 g/mol. The number of carboxylic acids is 1. The van der Waals surface area contributed by atoms with E-state index in [1.807, 2.05) is 0 Å². The zero-order valence-corrected chi connectivity index (χ0v) is 11.4. The Hall–Kier alpha value is -2.24. The molecule has 1 fully saturated rings. The molecule has 1 saturated carbocycles. The van der Waals surface area contributed by atoms with Crippen molar-refractivity contribution in [1.82, 2.24) is 5.32 Å². The van der Waals surface area contributed by atoms with Crippen LogP contribution < -0.4 is 14.8 Å². The molecule has 6 nitrogen and oxygen atoms in total. The van der Waals surface area contributed by atoms with Crippen LogP contribution in [-0.2, 0) is 4.79 Å². The monoisotopic (exact) mass is 279 g/mol. The van der Waals surface area contributed by atoms with Crippen molar-refractivity contribution in [1.29, 1.82) is 0 Å². The van der Waals surface area contributed by atoms with Crippen LogP contribution in [0.2, 0.25) is 0 Å². The molecule has 2 N–H and O–H groups in total. The van der Waals surface area contributed by atoms with Gasteiger partial charge in [-0.15, -0.1) is 0 Å². The molecule has 0 radical (unpaired) electrons. The lowest BCUT2D eigenvalue weighted by Gasteiger charge is -2.33. The lowest BCUT2D eigenvalue weighted by molar-refractivity contribution is -0.145. The second-order valence-corrected chi connectivity index (χ2v) is 4.71. The first-order valence-electron chi connectivity index (χ1n) is 6.31. The van der Waals surface area contributed by atoms with Crippen LogP contribution in [0.25, 0.3) is 0 Å². The number of benzene rings is 1. The average Bonchev–Trinajstić information content (AvgIpc) is 2.40. The van der Waals surface area contributed by atoms with Gasteiger partial charge in [0, 0.05) is 6.04 Å². The zero-order valence-electron chi connectivity index (χ0n) is 11.4. The van der Waals surface area contributed by atoms with E-state index >= 15 is 0 Å². The van der Waals surface area contributed by atoms with Gasteiger partial charge in [-0.1, -0.05) is 6.07 Å². The Morgan fingerprint density at radius 1 is 1.20 bits per heavy atom. The molecule has 1 aliphatic rings. The molecule has 0 aromatic heterocycles. The average molecular weight is 279 g/mol. The second-order valence-electron chi connectivity index (χ2n) is 4.71. The van der Waals surface area contributed by atoms with Gasteiger partial charge in [-0.2, -0.15) is 0 Å². The minimum Gasteiger partial charge on any atom is -0.496 e. The maximum atomic E-state index is 12.3. The van der Waals surface area contributed by atoms with Gasteiger partial charge in [-0.25, -0.2) is 0 Å². The van der Waals surface area contributed by atoms with Gasteiger partial charge < -0.3 is 19.9 Å². The summed E-state index contributed by atoms with van der Waals surface area (Å²) in [5, 5.41) is 11.6. The summed E-state index contributed by atoms with van der Waals surface area (Å²) in [5.74, 6) is -0.634. The van der Waals surface area contributed by atoms with E-state index in [4.69, 9.17) is 14.6 Å². The number of rotatable bonds is 5. The third-order valence-electron chi connectivity index (χ3n) is 3.48. The van der Waals surface area contributed by atoms with Gasteiger partial charge in [0.1, 0.15) is 17.1 Å². The van der Waals surface area contributed by atoms with Gasteiger partial charge in [0.05, 0.1) is 20.1 Å². The molecule has 0 atom stereocenters. The van der Waals surface area contributed by atoms with Crippen molar-refractivity contribution in [3.63, 3.8) is 0 Å². The minimum atomic E-state index is -0.814. The molecule has 1 aliphatic carbocycles. The summed E-state index contributed by atoms with van der Waals surface area (Å²) < 4.78 is 10.3. The number of carbonyl (C=O) groups is 2. The molecule has 0 saturated heterocycles. The quantitative estimate of drug-likeness (QED) is 0.848. The summed E-state index contributed by atoms with van der Waals surface area (Å²) >= 11 is 0. The fourth-order valence-corrected chi connectivity index (χ4v) is 2.27. The third kappa shape index (κ3) is 2.68. The SMILES string of the molecule is COc1cccc(OC)c1C(=O)NC1CC(C(=O)O)C1. The second kappa shape index (κ2) is 5.81. The number of nitrogens with one attached hydrogen (secondary N) is 1. The Morgan fingerprint density at radius 2 is 1.75 bits per heavy atom. The Kier molecular flexibility index (Phi) is 4.12. The molecule has 2 rings (SSSR count). The van der Waals surface area contributed by atoms with Crippen LogP contribution in [0.15, 0.2) is 18.2 Å². The number of carboxylic acid groups (broad SMARTS) is 1. The lowest BCUT2D eigenvalue weighted by Crippen LogP contribution is -2.46. The molecule has 1 aromatic rings. The van der Waals surface area contributed by atoms with E-state index < -0.39 is 5.97 Å². The molecule has 0 aliphatic heterocycles.